The van der Waals surface area contributed by atoms with Gasteiger partial charge in [0.1, 0.15) is 7.85 Å². The number of hydrogen-bond acceptors (Lipinski definition) is 0. The Morgan fingerprint density at radius 2 is 2.00 bits per heavy atom. The van der Waals surface area contributed by atoms with E-state index in [2.05, 4.69) is 13.0 Å². The van der Waals surface area contributed by atoms with Gasteiger partial charge >= 0.3 is 0 Å². The molecule has 0 saturated heterocycles. The summed E-state index contributed by atoms with van der Waals surface area (Å²) in [5, 5.41) is 0. The summed E-state index contributed by atoms with van der Waals surface area (Å²) in [7, 11) is 5.77. The Hall–Kier alpha value is -0.455. The third kappa shape index (κ3) is 1.98. The molecule has 0 aliphatic heterocycles. The van der Waals surface area contributed by atoms with E-state index in [0.717, 1.165) is 5.47 Å². The van der Waals surface area contributed by atoms with Crippen molar-refractivity contribution in [1.82, 2.24) is 0 Å². The van der Waals surface area contributed by atoms with Crippen molar-refractivity contribution in [1.29, 1.82) is 0 Å². The second kappa shape index (κ2) is 3.80. The van der Waals surface area contributed by atoms with Gasteiger partial charge in [-0.25, -0.2) is 0 Å². The van der Waals surface area contributed by atoms with Crippen molar-refractivity contribution >= 4 is 7.85 Å². The van der Waals surface area contributed by atoms with Crippen LogP contribution in [-0.2, 0) is 0 Å². The first-order valence-corrected chi connectivity index (χ1v) is 4.36. The second-order valence-corrected chi connectivity index (χ2v) is 3.18. The standard InChI is InChI=1S/C10H15B/c1-3-9-6-4-5-7-10(9)8(2)11/h3H,4-7H2,1-2H3/b9-3-,10-8+. The highest BCUT2D eigenvalue weighted by Gasteiger charge is 2.10. The summed E-state index contributed by atoms with van der Waals surface area (Å²) in [5.41, 5.74) is 3.88. The molecule has 0 nitrogen and oxygen atoms in total. The van der Waals surface area contributed by atoms with Gasteiger partial charge in [0, 0.05) is 0 Å². The minimum atomic E-state index is 1.01. The first-order chi connectivity index (χ1) is 5.25. The smallest absolute Gasteiger partial charge is 0.107 e. The number of rotatable bonds is 0. The van der Waals surface area contributed by atoms with Crippen LogP contribution in [0.15, 0.2) is 22.7 Å². The van der Waals surface area contributed by atoms with E-state index in [0.29, 0.717) is 0 Å². The van der Waals surface area contributed by atoms with Gasteiger partial charge in [0.2, 0.25) is 0 Å². The Bertz CT molecular complexity index is 195. The van der Waals surface area contributed by atoms with E-state index in [-0.39, 0.29) is 0 Å². The normalized spacial score (nSPS) is 27.3. The van der Waals surface area contributed by atoms with Crippen LogP contribution in [0, 0.1) is 0 Å². The molecule has 2 radical (unpaired) electrons. The zero-order valence-electron chi connectivity index (χ0n) is 7.48. The second-order valence-electron chi connectivity index (χ2n) is 3.18. The molecule has 1 aliphatic rings. The van der Waals surface area contributed by atoms with Crippen molar-refractivity contribution in [3.8, 4) is 0 Å². The third-order valence-electron chi connectivity index (χ3n) is 2.33. The quantitative estimate of drug-likeness (QED) is 0.461. The lowest BCUT2D eigenvalue weighted by molar-refractivity contribution is 0.676. The summed E-state index contributed by atoms with van der Waals surface area (Å²) < 4.78 is 0. The Balaban J connectivity index is 2.84. The Labute approximate surface area is 70.8 Å². The summed E-state index contributed by atoms with van der Waals surface area (Å²) in [4.78, 5) is 0. The van der Waals surface area contributed by atoms with Gasteiger partial charge in [-0.15, -0.1) is 5.47 Å². The molecular formula is C10H15B. The molecule has 0 aromatic heterocycles. The van der Waals surface area contributed by atoms with Crippen LogP contribution in [0.1, 0.15) is 39.5 Å². The van der Waals surface area contributed by atoms with Crippen LogP contribution >= 0.6 is 0 Å². The first kappa shape index (κ1) is 8.64. The molecule has 0 N–H and O–H groups in total. The van der Waals surface area contributed by atoms with Crippen LogP contribution in [0.25, 0.3) is 0 Å². The van der Waals surface area contributed by atoms with Gasteiger partial charge in [0.15, 0.2) is 0 Å². The number of allylic oxidation sites excluding steroid dienone is 4. The fourth-order valence-corrected chi connectivity index (χ4v) is 1.70. The van der Waals surface area contributed by atoms with Gasteiger partial charge in [-0.05, 0) is 38.2 Å². The van der Waals surface area contributed by atoms with Crippen molar-refractivity contribution in [2.45, 2.75) is 39.5 Å². The molecule has 0 aromatic carbocycles. The lowest BCUT2D eigenvalue weighted by atomic mass is 9.80. The van der Waals surface area contributed by atoms with Crippen LogP contribution < -0.4 is 0 Å². The van der Waals surface area contributed by atoms with Gasteiger partial charge < -0.3 is 0 Å². The molecule has 58 valence electrons. The van der Waals surface area contributed by atoms with Crippen molar-refractivity contribution < 1.29 is 0 Å². The van der Waals surface area contributed by atoms with Gasteiger partial charge in [-0.1, -0.05) is 18.6 Å². The predicted octanol–water partition coefficient (Wildman–Crippen LogP) is 2.95. The van der Waals surface area contributed by atoms with Crippen molar-refractivity contribution in [2.24, 2.45) is 0 Å². The third-order valence-corrected chi connectivity index (χ3v) is 2.33. The van der Waals surface area contributed by atoms with E-state index in [1.165, 1.54) is 36.8 Å². The summed E-state index contributed by atoms with van der Waals surface area (Å²) in [6.45, 7) is 4.10. The van der Waals surface area contributed by atoms with Crippen molar-refractivity contribution in [3.05, 3.63) is 22.7 Å². The van der Waals surface area contributed by atoms with Crippen molar-refractivity contribution in [3.63, 3.8) is 0 Å². The monoisotopic (exact) mass is 146 g/mol. The maximum Gasteiger partial charge on any atom is 0.107 e. The van der Waals surface area contributed by atoms with Gasteiger partial charge in [-0.2, -0.15) is 0 Å². The van der Waals surface area contributed by atoms with Gasteiger partial charge in [0.05, 0.1) is 0 Å². The molecule has 0 atom stereocenters. The van der Waals surface area contributed by atoms with Crippen LogP contribution in [0.4, 0.5) is 0 Å². The summed E-state index contributed by atoms with van der Waals surface area (Å²) in [6, 6.07) is 0. The average molecular weight is 146 g/mol. The molecule has 0 bridgehead atoms. The summed E-state index contributed by atoms with van der Waals surface area (Å²) in [6.07, 6.45) is 7.24. The largest absolute Gasteiger partial charge is 0.117 e. The van der Waals surface area contributed by atoms with E-state index in [1.54, 1.807) is 0 Å². The van der Waals surface area contributed by atoms with E-state index >= 15 is 0 Å². The van der Waals surface area contributed by atoms with E-state index in [9.17, 15) is 0 Å². The highest BCUT2D eigenvalue weighted by Crippen LogP contribution is 2.29. The minimum Gasteiger partial charge on any atom is -0.117 e. The van der Waals surface area contributed by atoms with Gasteiger partial charge in [0.25, 0.3) is 0 Å². The maximum atomic E-state index is 5.77. The zero-order valence-corrected chi connectivity index (χ0v) is 7.48. The molecule has 0 amide bonds. The van der Waals surface area contributed by atoms with Crippen LogP contribution in [0.5, 0.6) is 0 Å². The fourth-order valence-electron chi connectivity index (χ4n) is 1.70. The molecule has 11 heavy (non-hydrogen) atoms. The molecule has 0 spiro atoms. The highest BCUT2D eigenvalue weighted by molar-refractivity contribution is 6.21. The fraction of sp³-hybridized carbons (Fsp3) is 0.600. The minimum absolute atomic E-state index is 1.01. The lowest BCUT2D eigenvalue weighted by Gasteiger charge is -2.19. The molecule has 0 heterocycles. The number of hydrogen-bond donors (Lipinski definition) is 0. The van der Waals surface area contributed by atoms with Crippen LogP contribution in [0.2, 0.25) is 0 Å². The SMILES string of the molecule is [B]/C(C)=C1\CCCC\C1=C\C. The Morgan fingerprint density at radius 1 is 1.36 bits per heavy atom. The van der Waals surface area contributed by atoms with E-state index in [4.69, 9.17) is 7.85 Å². The zero-order chi connectivity index (χ0) is 8.27. The molecule has 1 saturated carbocycles. The molecule has 1 heteroatoms. The Morgan fingerprint density at radius 3 is 2.45 bits per heavy atom. The molecule has 0 aromatic rings. The molecule has 1 fully saturated rings. The molecule has 1 rings (SSSR count). The topological polar surface area (TPSA) is 0 Å². The van der Waals surface area contributed by atoms with Crippen LogP contribution in [-0.4, -0.2) is 7.85 Å². The van der Waals surface area contributed by atoms with Gasteiger partial charge in [-0.3, -0.25) is 0 Å². The van der Waals surface area contributed by atoms with E-state index < -0.39 is 0 Å². The average Bonchev–Trinajstić information content (AvgIpc) is 2.04. The first-order valence-electron chi connectivity index (χ1n) is 4.36. The maximum absolute atomic E-state index is 5.77. The highest BCUT2D eigenvalue weighted by atomic mass is 14.1. The molecule has 0 unspecified atom stereocenters. The van der Waals surface area contributed by atoms with Crippen molar-refractivity contribution in [2.75, 3.05) is 0 Å². The van der Waals surface area contributed by atoms with E-state index in [1.807, 2.05) is 6.92 Å². The summed E-state index contributed by atoms with van der Waals surface area (Å²) >= 11 is 0. The molecular weight excluding hydrogens is 131 g/mol. The summed E-state index contributed by atoms with van der Waals surface area (Å²) in [5.74, 6) is 0. The predicted molar refractivity (Wildman–Crippen MR) is 50.7 cm³/mol. The van der Waals surface area contributed by atoms with Crippen LogP contribution in [0.3, 0.4) is 0 Å². The lowest BCUT2D eigenvalue weighted by Crippen LogP contribution is -2.01. The Kier molecular flexibility index (Phi) is 2.98. The molecule has 1 aliphatic carbocycles.